The Hall–Kier alpha value is -1.87. The largest absolute Gasteiger partial charge is 0.489 e. The normalized spacial score (nSPS) is 12.4. The number of hydrogen-bond donors (Lipinski definition) is 1. The molecule has 1 unspecified atom stereocenters. The molecular formula is C18H24N2O. The third-order valence-corrected chi connectivity index (χ3v) is 3.52. The van der Waals surface area contributed by atoms with Crippen LogP contribution < -0.4 is 10.5 Å². The van der Waals surface area contributed by atoms with Gasteiger partial charge in [0.25, 0.3) is 0 Å². The summed E-state index contributed by atoms with van der Waals surface area (Å²) in [6.07, 6.45) is 5.58. The van der Waals surface area contributed by atoms with E-state index in [4.69, 9.17) is 10.5 Å². The Morgan fingerprint density at radius 1 is 1.19 bits per heavy atom. The van der Waals surface area contributed by atoms with Crippen molar-refractivity contribution < 1.29 is 4.74 Å². The molecule has 0 radical (unpaired) electrons. The Morgan fingerprint density at radius 3 is 2.67 bits per heavy atom. The second kappa shape index (κ2) is 7.23. The number of nitrogens with two attached hydrogens (primary N) is 1. The standard InChI is InChI=1S/C18H24N2O/c1-13(2)21-17-10-16(11-20-12-17)18(19)9-8-15-7-5-4-6-14(15)3/h4-7,10-13,18H,8-9,19H2,1-3H3. The first-order valence-corrected chi connectivity index (χ1v) is 7.48. The summed E-state index contributed by atoms with van der Waals surface area (Å²) in [5.74, 6) is 0.786. The molecule has 0 aliphatic heterocycles. The Balaban J connectivity index is 2.00. The summed E-state index contributed by atoms with van der Waals surface area (Å²) in [7, 11) is 0. The monoisotopic (exact) mass is 284 g/mol. The Bertz CT molecular complexity index is 581. The first kappa shape index (κ1) is 15.5. The molecule has 0 spiro atoms. The second-order valence-corrected chi connectivity index (χ2v) is 5.69. The van der Waals surface area contributed by atoms with Crippen molar-refractivity contribution in [3.63, 3.8) is 0 Å². The van der Waals surface area contributed by atoms with E-state index in [1.54, 1.807) is 6.20 Å². The van der Waals surface area contributed by atoms with Crippen molar-refractivity contribution in [1.29, 1.82) is 0 Å². The topological polar surface area (TPSA) is 48.1 Å². The number of nitrogens with zero attached hydrogens (tertiary/aromatic N) is 1. The molecule has 2 N–H and O–H groups in total. The maximum atomic E-state index is 6.30. The van der Waals surface area contributed by atoms with Crippen LogP contribution in [0.3, 0.4) is 0 Å². The van der Waals surface area contributed by atoms with Gasteiger partial charge < -0.3 is 10.5 Å². The summed E-state index contributed by atoms with van der Waals surface area (Å²) in [4.78, 5) is 4.23. The van der Waals surface area contributed by atoms with Crippen molar-refractivity contribution in [2.75, 3.05) is 0 Å². The van der Waals surface area contributed by atoms with Crippen LogP contribution in [0.1, 0.15) is 43.0 Å². The SMILES string of the molecule is Cc1ccccc1CCC(N)c1cncc(OC(C)C)c1. The zero-order chi connectivity index (χ0) is 15.2. The molecule has 3 nitrogen and oxygen atoms in total. The molecule has 0 saturated heterocycles. The minimum Gasteiger partial charge on any atom is -0.489 e. The van der Waals surface area contributed by atoms with Gasteiger partial charge in [-0.25, -0.2) is 0 Å². The lowest BCUT2D eigenvalue weighted by Gasteiger charge is -2.15. The third-order valence-electron chi connectivity index (χ3n) is 3.52. The Morgan fingerprint density at radius 2 is 1.95 bits per heavy atom. The summed E-state index contributed by atoms with van der Waals surface area (Å²) >= 11 is 0. The van der Waals surface area contributed by atoms with Crippen molar-refractivity contribution in [3.05, 3.63) is 59.4 Å². The van der Waals surface area contributed by atoms with E-state index < -0.39 is 0 Å². The molecule has 1 heterocycles. The molecule has 21 heavy (non-hydrogen) atoms. The van der Waals surface area contributed by atoms with Gasteiger partial charge in [-0.15, -0.1) is 0 Å². The molecule has 2 aromatic rings. The van der Waals surface area contributed by atoms with Crippen molar-refractivity contribution in [2.45, 2.75) is 45.8 Å². The number of rotatable bonds is 6. The molecule has 2 rings (SSSR count). The van der Waals surface area contributed by atoms with Gasteiger partial charge in [0.2, 0.25) is 0 Å². The fourth-order valence-corrected chi connectivity index (χ4v) is 2.34. The van der Waals surface area contributed by atoms with E-state index in [0.29, 0.717) is 0 Å². The number of benzene rings is 1. The summed E-state index contributed by atoms with van der Waals surface area (Å²) in [5, 5.41) is 0. The van der Waals surface area contributed by atoms with E-state index >= 15 is 0 Å². The maximum absolute atomic E-state index is 6.30. The number of pyridine rings is 1. The van der Waals surface area contributed by atoms with E-state index in [1.807, 2.05) is 26.1 Å². The lowest BCUT2D eigenvalue weighted by molar-refractivity contribution is 0.241. The fourth-order valence-electron chi connectivity index (χ4n) is 2.34. The first-order valence-electron chi connectivity index (χ1n) is 7.48. The van der Waals surface area contributed by atoms with Gasteiger partial charge in [-0.3, -0.25) is 4.98 Å². The Labute approximate surface area is 127 Å². The number of aromatic nitrogens is 1. The van der Waals surface area contributed by atoms with E-state index in [2.05, 4.69) is 36.2 Å². The van der Waals surface area contributed by atoms with Crippen molar-refractivity contribution in [3.8, 4) is 5.75 Å². The second-order valence-electron chi connectivity index (χ2n) is 5.69. The zero-order valence-corrected chi connectivity index (χ0v) is 13.0. The van der Waals surface area contributed by atoms with Gasteiger partial charge in [0.1, 0.15) is 5.75 Å². The van der Waals surface area contributed by atoms with Crippen LogP contribution in [-0.2, 0) is 6.42 Å². The van der Waals surface area contributed by atoms with Gasteiger partial charge in [-0.05, 0) is 56.4 Å². The summed E-state index contributed by atoms with van der Waals surface area (Å²) < 4.78 is 5.67. The zero-order valence-electron chi connectivity index (χ0n) is 13.0. The quantitative estimate of drug-likeness (QED) is 0.877. The highest BCUT2D eigenvalue weighted by atomic mass is 16.5. The molecule has 0 aliphatic carbocycles. The maximum Gasteiger partial charge on any atom is 0.138 e. The highest BCUT2D eigenvalue weighted by Gasteiger charge is 2.09. The van der Waals surface area contributed by atoms with Crippen LogP contribution in [0, 0.1) is 6.92 Å². The van der Waals surface area contributed by atoms with Gasteiger partial charge >= 0.3 is 0 Å². The number of hydrogen-bond acceptors (Lipinski definition) is 3. The molecule has 1 aromatic carbocycles. The number of ether oxygens (including phenoxy) is 1. The summed E-state index contributed by atoms with van der Waals surface area (Å²) in [5.41, 5.74) is 10.0. The predicted molar refractivity (Wildman–Crippen MR) is 86.4 cm³/mol. The molecule has 1 aromatic heterocycles. The Kier molecular flexibility index (Phi) is 5.34. The molecule has 0 amide bonds. The summed E-state index contributed by atoms with van der Waals surface area (Å²) in [6, 6.07) is 10.4. The lowest BCUT2D eigenvalue weighted by atomic mass is 9.98. The van der Waals surface area contributed by atoms with Crippen LogP contribution in [0.25, 0.3) is 0 Å². The van der Waals surface area contributed by atoms with E-state index in [-0.39, 0.29) is 12.1 Å². The van der Waals surface area contributed by atoms with Crippen LogP contribution >= 0.6 is 0 Å². The van der Waals surface area contributed by atoms with Gasteiger partial charge in [0.05, 0.1) is 12.3 Å². The average Bonchev–Trinajstić information content (AvgIpc) is 2.45. The molecule has 0 aliphatic rings. The highest BCUT2D eigenvalue weighted by molar-refractivity contribution is 5.28. The molecule has 0 saturated carbocycles. The lowest BCUT2D eigenvalue weighted by Crippen LogP contribution is -2.13. The van der Waals surface area contributed by atoms with E-state index in [0.717, 1.165) is 24.2 Å². The number of aryl methyl sites for hydroxylation is 2. The van der Waals surface area contributed by atoms with E-state index in [9.17, 15) is 0 Å². The predicted octanol–water partition coefficient (Wildman–Crippen LogP) is 3.81. The van der Waals surface area contributed by atoms with Crippen LogP contribution in [0.15, 0.2) is 42.7 Å². The van der Waals surface area contributed by atoms with Gasteiger partial charge in [0, 0.05) is 12.2 Å². The molecular weight excluding hydrogens is 260 g/mol. The molecule has 0 fully saturated rings. The van der Waals surface area contributed by atoms with Crippen molar-refractivity contribution in [2.24, 2.45) is 5.73 Å². The van der Waals surface area contributed by atoms with Gasteiger partial charge in [-0.1, -0.05) is 24.3 Å². The van der Waals surface area contributed by atoms with Crippen LogP contribution in [0.5, 0.6) is 5.75 Å². The molecule has 112 valence electrons. The van der Waals surface area contributed by atoms with Crippen LogP contribution in [0.2, 0.25) is 0 Å². The summed E-state index contributed by atoms with van der Waals surface area (Å²) in [6.45, 7) is 6.15. The molecule has 0 bridgehead atoms. The van der Waals surface area contributed by atoms with E-state index in [1.165, 1.54) is 11.1 Å². The van der Waals surface area contributed by atoms with Crippen molar-refractivity contribution >= 4 is 0 Å². The first-order chi connectivity index (χ1) is 10.1. The van der Waals surface area contributed by atoms with Crippen LogP contribution in [0.4, 0.5) is 0 Å². The van der Waals surface area contributed by atoms with Gasteiger partial charge in [0.15, 0.2) is 0 Å². The van der Waals surface area contributed by atoms with Gasteiger partial charge in [-0.2, -0.15) is 0 Å². The van der Waals surface area contributed by atoms with Crippen molar-refractivity contribution in [1.82, 2.24) is 4.98 Å². The van der Waals surface area contributed by atoms with Crippen LogP contribution in [-0.4, -0.2) is 11.1 Å². The smallest absolute Gasteiger partial charge is 0.138 e. The minimum atomic E-state index is -0.0205. The third kappa shape index (κ3) is 4.57. The average molecular weight is 284 g/mol. The fraction of sp³-hybridized carbons (Fsp3) is 0.389. The minimum absolute atomic E-state index is 0.0205. The molecule has 3 heteroatoms. The highest BCUT2D eigenvalue weighted by Crippen LogP contribution is 2.21. The molecule has 1 atom stereocenters.